The first-order chi connectivity index (χ1) is 4.77. The second-order valence-electron chi connectivity index (χ2n) is 4.02. The minimum atomic E-state index is 0.366. The molecule has 0 saturated heterocycles. The van der Waals surface area contributed by atoms with E-state index in [0.29, 0.717) is 11.5 Å². The van der Waals surface area contributed by atoms with Crippen molar-refractivity contribution in [2.75, 3.05) is 6.54 Å². The lowest BCUT2D eigenvalue weighted by molar-refractivity contribution is 0.261. The summed E-state index contributed by atoms with van der Waals surface area (Å²) in [6.07, 6.45) is 5.21. The van der Waals surface area contributed by atoms with Crippen molar-refractivity contribution >= 4 is 0 Å². The molecule has 2 aliphatic carbocycles. The van der Waals surface area contributed by atoms with Crippen molar-refractivity contribution in [2.45, 2.75) is 31.7 Å². The normalized spacial score (nSPS) is 52.2. The van der Waals surface area contributed by atoms with Crippen LogP contribution in [0.1, 0.15) is 25.7 Å². The van der Waals surface area contributed by atoms with E-state index in [-0.39, 0.29) is 0 Å². The van der Waals surface area contributed by atoms with Crippen LogP contribution in [0.3, 0.4) is 0 Å². The van der Waals surface area contributed by atoms with Crippen molar-refractivity contribution in [3.05, 3.63) is 0 Å². The third-order valence-corrected chi connectivity index (χ3v) is 3.53. The van der Waals surface area contributed by atoms with E-state index in [1.807, 2.05) is 0 Å². The van der Waals surface area contributed by atoms with Crippen LogP contribution in [0.2, 0.25) is 0 Å². The summed E-state index contributed by atoms with van der Waals surface area (Å²) in [5.74, 6) is 0.915. The van der Waals surface area contributed by atoms with Gasteiger partial charge < -0.3 is 11.5 Å². The standard InChI is InChI=1S/C8H16N2/c9-5-8-2-1-6(4-8)3-7(8)10/h6-7H,1-5,9-10H2. The van der Waals surface area contributed by atoms with Crippen LogP contribution in [0.15, 0.2) is 0 Å². The quantitative estimate of drug-likeness (QED) is 0.556. The predicted octanol–water partition coefficient (Wildman–Crippen LogP) is 0.463. The highest BCUT2D eigenvalue weighted by atomic mass is 14.8. The molecule has 2 nitrogen and oxygen atoms in total. The summed E-state index contributed by atoms with van der Waals surface area (Å²) in [5, 5.41) is 0. The van der Waals surface area contributed by atoms with Crippen LogP contribution in [0.4, 0.5) is 0 Å². The molecule has 2 bridgehead atoms. The molecule has 2 saturated carbocycles. The van der Waals surface area contributed by atoms with Crippen LogP contribution in [-0.4, -0.2) is 12.6 Å². The molecule has 2 aliphatic rings. The summed E-state index contributed by atoms with van der Waals surface area (Å²) in [6.45, 7) is 0.810. The zero-order valence-electron chi connectivity index (χ0n) is 6.34. The van der Waals surface area contributed by atoms with Crippen LogP contribution in [-0.2, 0) is 0 Å². The fourth-order valence-corrected chi connectivity index (χ4v) is 2.75. The first-order valence-electron chi connectivity index (χ1n) is 4.22. The molecule has 0 spiro atoms. The Morgan fingerprint density at radius 3 is 2.60 bits per heavy atom. The second-order valence-corrected chi connectivity index (χ2v) is 4.02. The lowest BCUT2D eigenvalue weighted by Crippen LogP contribution is -2.42. The Balaban J connectivity index is 2.19. The Bertz CT molecular complexity index is 146. The lowest BCUT2D eigenvalue weighted by Gasteiger charge is -2.30. The van der Waals surface area contributed by atoms with Crippen molar-refractivity contribution in [3.8, 4) is 0 Å². The van der Waals surface area contributed by atoms with Gasteiger partial charge in [0.1, 0.15) is 0 Å². The maximum Gasteiger partial charge on any atom is 0.0110 e. The molecule has 10 heavy (non-hydrogen) atoms. The summed E-state index contributed by atoms with van der Waals surface area (Å²) in [5.41, 5.74) is 12.1. The van der Waals surface area contributed by atoms with Gasteiger partial charge in [-0.3, -0.25) is 0 Å². The van der Waals surface area contributed by atoms with E-state index in [1.165, 1.54) is 25.7 Å². The number of rotatable bonds is 1. The van der Waals surface area contributed by atoms with Crippen LogP contribution >= 0.6 is 0 Å². The monoisotopic (exact) mass is 140 g/mol. The van der Waals surface area contributed by atoms with Gasteiger partial charge in [-0.1, -0.05) is 0 Å². The topological polar surface area (TPSA) is 52.0 Å². The summed E-state index contributed by atoms with van der Waals surface area (Å²) in [6, 6.07) is 0.413. The van der Waals surface area contributed by atoms with E-state index < -0.39 is 0 Å². The molecular weight excluding hydrogens is 124 g/mol. The molecule has 0 aromatic rings. The molecule has 2 heteroatoms. The zero-order chi connectivity index (χ0) is 7.19. The number of fused-ring (bicyclic) bond motifs is 2. The van der Waals surface area contributed by atoms with Crippen molar-refractivity contribution in [1.82, 2.24) is 0 Å². The molecule has 0 aromatic heterocycles. The molecule has 0 radical (unpaired) electrons. The molecule has 3 unspecified atom stereocenters. The second kappa shape index (κ2) is 1.95. The Morgan fingerprint density at radius 2 is 2.30 bits per heavy atom. The minimum absolute atomic E-state index is 0.366. The fraction of sp³-hybridized carbons (Fsp3) is 1.00. The fourth-order valence-electron chi connectivity index (χ4n) is 2.75. The predicted molar refractivity (Wildman–Crippen MR) is 41.4 cm³/mol. The van der Waals surface area contributed by atoms with Gasteiger partial charge in [-0.2, -0.15) is 0 Å². The van der Waals surface area contributed by atoms with Crippen LogP contribution < -0.4 is 11.5 Å². The van der Waals surface area contributed by atoms with Gasteiger partial charge in [0.15, 0.2) is 0 Å². The summed E-state index contributed by atoms with van der Waals surface area (Å²) < 4.78 is 0. The molecule has 0 amide bonds. The minimum Gasteiger partial charge on any atom is -0.330 e. The highest BCUT2D eigenvalue weighted by molar-refractivity contribution is 5.04. The maximum absolute atomic E-state index is 5.99. The number of hydrogen-bond acceptors (Lipinski definition) is 2. The summed E-state index contributed by atoms with van der Waals surface area (Å²) in [7, 11) is 0. The van der Waals surface area contributed by atoms with E-state index in [0.717, 1.165) is 12.5 Å². The molecular formula is C8H16N2. The number of nitrogens with two attached hydrogens (primary N) is 2. The van der Waals surface area contributed by atoms with Gasteiger partial charge in [-0.05, 0) is 43.6 Å². The smallest absolute Gasteiger partial charge is 0.0110 e. The van der Waals surface area contributed by atoms with E-state index in [9.17, 15) is 0 Å². The van der Waals surface area contributed by atoms with Gasteiger partial charge in [0.05, 0.1) is 0 Å². The third-order valence-electron chi connectivity index (χ3n) is 3.53. The van der Waals surface area contributed by atoms with Crippen molar-refractivity contribution < 1.29 is 0 Å². The van der Waals surface area contributed by atoms with Crippen molar-refractivity contribution in [2.24, 2.45) is 22.8 Å². The maximum atomic E-state index is 5.99. The van der Waals surface area contributed by atoms with Crippen molar-refractivity contribution in [1.29, 1.82) is 0 Å². The Morgan fingerprint density at radius 1 is 1.50 bits per heavy atom. The Hall–Kier alpha value is -0.0800. The van der Waals surface area contributed by atoms with Crippen LogP contribution in [0.5, 0.6) is 0 Å². The summed E-state index contributed by atoms with van der Waals surface area (Å²) in [4.78, 5) is 0. The van der Waals surface area contributed by atoms with Gasteiger partial charge in [0.2, 0.25) is 0 Å². The van der Waals surface area contributed by atoms with E-state index >= 15 is 0 Å². The molecule has 58 valence electrons. The van der Waals surface area contributed by atoms with E-state index in [2.05, 4.69) is 0 Å². The highest BCUT2D eigenvalue weighted by Gasteiger charge is 2.49. The number of hydrogen-bond donors (Lipinski definition) is 2. The largest absolute Gasteiger partial charge is 0.330 e. The van der Waals surface area contributed by atoms with Crippen LogP contribution in [0, 0.1) is 11.3 Å². The molecule has 0 aromatic carbocycles. The van der Waals surface area contributed by atoms with Crippen molar-refractivity contribution in [3.63, 3.8) is 0 Å². The zero-order valence-corrected chi connectivity index (χ0v) is 6.34. The summed E-state index contributed by atoms with van der Waals surface area (Å²) >= 11 is 0. The van der Waals surface area contributed by atoms with Gasteiger partial charge in [0, 0.05) is 6.04 Å². The lowest BCUT2D eigenvalue weighted by atomic mass is 9.80. The van der Waals surface area contributed by atoms with Gasteiger partial charge >= 0.3 is 0 Å². The molecule has 4 N–H and O–H groups in total. The molecule has 2 fully saturated rings. The Labute approximate surface area is 62.0 Å². The van der Waals surface area contributed by atoms with Gasteiger partial charge in [-0.15, -0.1) is 0 Å². The highest BCUT2D eigenvalue weighted by Crippen LogP contribution is 2.52. The molecule has 2 rings (SSSR count). The van der Waals surface area contributed by atoms with Crippen LogP contribution in [0.25, 0.3) is 0 Å². The average Bonchev–Trinajstić information content (AvgIpc) is 2.44. The SMILES string of the molecule is NCC12CCC(CC1N)C2. The van der Waals surface area contributed by atoms with Gasteiger partial charge in [-0.25, -0.2) is 0 Å². The van der Waals surface area contributed by atoms with Gasteiger partial charge in [0.25, 0.3) is 0 Å². The van der Waals surface area contributed by atoms with E-state index in [1.54, 1.807) is 0 Å². The molecule has 0 aliphatic heterocycles. The molecule has 0 heterocycles. The third kappa shape index (κ3) is 0.663. The molecule has 3 atom stereocenters. The average molecular weight is 140 g/mol. The Kier molecular flexibility index (Phi) is 1.29. The van der Waals surface area contributed by atoms with E-state index in [4.69, 9.17) is 11.5 Å². The first kappa shape index (κ1) is 6.62. The first-order valence-corrected chi connectivity index (χ1v) is 4.22.